The van der Waals surface area contributed by atoms with Gasteiger partial charge in [0.15, 0.2) is 11.6 Å². The summed E-state index contributed by atoms with van der Waals surface area (Å²) in [7, 11) is 0. The van der Waals surface area contributed by atoms with E-state index >= 15 is 0 Å². The molecule has 2 N–H and O–H groups in total. The molecule has 2 rings (SSSR count). The summed E-state index contributed by atoms with van der Waals surface area (Å²) in [5.41, 5.74) is 7.58. The standard InChI is InChI=1S/C15H19FN2OS/c1-3-12(17)7-11-5-4-6-14(16)15(11)19-8-13-9-20-10(2)18-13/h4-6,9,12H,3,7-8,17H2,1-2H3. The summed E-state index contributed by atoms with van der Waals surface area (Å²) in [5, 5.41) is 2.90. The first-order valence-electron chi connectivity index (χ1n) is 6.67. The van der Waals surface area contributed by atoms with Crippen LogP contribution in [-0.4, -0.2) is 11.0 Å². The second-order valence-corrected chi connectivity index (χ2v) is 5.81. The number of benzene rings is 1. The molecule has 0 radical (unpaired) electrons. The van der Waals surface area contributed by atoms with E-state index in [9.17, 15) is 4.39 Å². The van der Waals surface area contributed by atoms with Crippen LogP contribution >= 0.6 is 11.3 Å². The van der Waals surface area contributed by atoms with E-state index in [1.807, 2.05) is 25.3 Å². The smallest absolute Gasteiger partial charge is 0.165 e. The normalized spacial score (nSPS) is 12.4. The average Bonchev–Trinajstić information content (AvgIpc) is 2.83. The van der Waals surface area contributed by atoms with E-state index in [-0.39, 0.29) is 18.5 Å². The molecule has 20 heavy (non-hydrogen) atoms. The molecule has 0 saturated carbocycles. The van der Waals surface area contributed by atoms with Gasteiger partial charge in [-0.1, -0.05) is 19.1 Å². The van der Waals surface area contributed by atoms with Gasteiger partial charge in [-0.05, 0) is 31.4 Å². The van der Waals surface area contributed by atoms with Crippen LogP contribution < -0.4 is 10.5 Å². The van der Waals surface area contributed by atoms with E-state index < -0.39 is 0 Å². The number of ether oxygens (including phenoxy) is 1. The molecular formula is C15H19FN2OS. The highest BCUT2D eigenvalue weighted by Crippen LogP contribution is 2.25. The van der Waals surface area contributed by atoms with Crippen LogP contribution in [0.3, 0.4) is 0 Å². The molecule has 0 aliphatic rings. The van der Waals surface area contributed by atoms with E-state index in [0.717, 1.165) is 22.7 Å². The summed E-state index contributed by atoms with van der Waals surface area (Å²) in [4.78, 5) is 4.31. The lowest BCUT2D eigenvalue weighted by atomic mass is 10.0. The summed E-state index contributed by atoms with van der Waals surface area (Å²) in [6.45, 7) is 4.23. The maximum absolute atomic E-state index is 13.9. The zero-order valence-electron chi connectivity index (χ0n) is 11.7. The fourth-order valence-corrected chi connectivity index (χ4v) is 2.52. The molecule has 0 aliphatic heterocycles. The fourth-order valence-electron chi connectivity index (χ4n) is 1.92. The van der Waals surface area contributed by atoms with Gasteiger partial charge in [0.1, 0.15) is 6.61 Å². The van der Waals surface area contributed by atoms with Crippen molar-refractivity contribution in [3.63, 3.8) is 0 Å². The Kier molecular flexibility index (Phi) is 5.09. The van der Waals surface area contributed by atoms with Crippen molar-refractivity contribution in [2.45, 2.75) is 39.3 Å². The van der Waals surface area contributed by atoms with Crippen molar-refractivity contribution >= 4 is 11.3 Å². The van der Waals surface area contributed by atoms with Crippen LogP contribution in [-0.2, 0) is 13.0 Å². The topological polar surface area (TPSA) is 48.1 Å². The third-order valence-electron chi connectivity index (χ3n) is 3.09. The second-order valence-electron chi connectivity index (χ2n) is 4.75. The summed E-state index contributed by atoms with van der Waals surface area (Å²) in [5.74, 6) is -0.0557. The van der Waals surface area contributed by atoms with E-state index in [0.29, 0.717) is 12.2 Å². The summed E-state index contributed by atoms with van der Waals surface area (Å²) < 4.78 is 19.6. The number of nitrogens with zero attached hydrogens (tertiary/aromatic N) is 1. The number of halogens is 1. The molecule has 0 bridgehead atoms. The molecule has 5 heteroatoms. The number of nitrogens with two attached hydrogens (primary N) is 1. The molecule has 108 valence electrons. The van der Waals surface area contributed by atoms with E-state index in [1.165, 1.54) is 6.07 Å². The van der Waals surface area contributed by atoms with Gasteiger partial charge in [-0.25, -0.2) is 9.37 Å². The first kappa shape index (κ1) is 14.9. The maximum atomic E-state index is 13.9. The first-order valence-corrected chi connectivity index (χ1v) is 7.55. The van der Waals surface area contributed by atoms with E-state index in [1.54, 1.807) is 17.4 Å². The van der Waals surface area contributed by atoms with Crippen LogP contribution in [0.25, 0.3) is 0 Å². The molecule has 1 aromatic heterocycles. The fraction of sp³-hybridized carbons (Fsp3) is 0.400. The molecular weight excluding hydrogens is 275 g/mol. The van der Waals surface area contributed by atoms with Crippen LogP contribution in [0, 0.1) is 12.7 Å². The summed E-state index contributed by atoms with van der Waals surface area (Å²) in [6.07, 6.45) is 1.46. The van der Waals surface area contributed by atoms with Gasteiger partial charge in [0, 0.05) is 11.4 Å². The van der Waals surface area contributed by atoms with Crippen LogP contribution in [0.15, 0.2) is 23.6 Å². The summed E-state index contributed by atoms with van der Waals surface area (Å²) in [6, 6.07) is 4.97. The first-order chi connectivity index (χ1) is 9.60. The van der Waals surface area contributed by atoms with E-state index in [2.05, 4.69) is 4.98 Å². The van der Waals surface area contributed by atoms with E-state index in [4.69, 9.17) is 10.5 Å². The Labute approximate surface area is 122 Å². The second kappa shape index (κ2) is 6.81. The van der Waals surface area contributed by atoms with Gasteiger partial charge >= 0.3 is 0 Å². The zero-order valence-corrected chi connectivity index (χ0v) is 12.5. The monoisotopic (exact) mass is 294 g/mol. The van der Waals surface area contributed by atoms with Crippen LogP contribution in [0.2, 0.25) is 0 Å². The molecule has 0 aliphatic carbocycles. The Hall–Kier alpha value is -1.46. The lowest BCUT2D eigenvalue weighted by molar-refractivity contribution is 0.282. The molecule has 1 unspecified atom stereocenters. The minimum absolute atomic E-state index is 0.0145. The van der Waals surface area contributed by atoms with Gasteiger partial charge < -0.3 is 10.5 Å². The maximum Gasteiger partial charge on any atom is 0.165 e. The Morgan fingerprint density at radius 1 is 1.45 bits per heavy atom. The lowest BCUT2D eigenvalue weighted by Gasteiger charge is -2.14. The van der Waals surface area contributed by atoms with Crippen molar-refractivity contribution in [3.05, 3.63) is 45.7 Å². The molecule has 2 aromatic rings. The van der Waals surface area contributed by atoms with Crippen molar-refractivity contribution in [3.8, 4) is 5.75 Å². The predicted molar refractivity (Wildman–Crippen MR) is 79.6 cm³/mol. The minimum Gasteiger partial charge on any atom is -0.484 e. The molecule has 0 fully saturated rings. The number of aromatic nitrogens is 1. The van der Waals surface area contributed by atoms with Crippen molar-refractivity contribution in [2.75, 3.05) is 0 Å². The third-order valence-corrected chi connectivity index (χ3v) is 3.91. The Balaban J connectivity index is 2.12. The Morgan fingerprint density at radius 3 is 2.90 bits per heavy atom. The zero-order chi connectivity index (χ0) is 14.5. The van der Waals surface area contributed by atoms with Gasteiger partial charge in [0.2, 0.25) is 0 Å². The van der Waals surface area contributed by atoms with Gasteiger partial charge in [-0.3, -0.25) is 0 Å². The molecule has 1 heterocycles. The third kappa shape index (κ3) is 3.77. The number of hydrogen-bond acceptors (Lipinski definition) is 4. The predicted octanol–water partition coefficient (Wildman–Crippen LogP) is 3.45. The van der Waals surface area contributed by atoms with Crippen LogP contribution in [0.1, 0.15) is 29.6 Å². The lowest BCUT2D eigenvalue weighted by Crippen LogP contribution is -2.22. The number of para-hydroxylation sites is 1. The molecule has 3 nitrogen and oxygen atoms in total. The van der Waals surface area contributed by atoms with Crippen molar-refractivity contribution in [2.24, 2.45) is 5.73 Å². The van der Waals surface area contributed by atoms with Crippen molar-refractivity contribution < 1.29 is 9.13 Å². The number of hydrogen-bond donors (Lipinski definition) is 1. The highest BCUT2D eigenvalue weighted by Gasteiger charge is 2.13. The molecule has 0 saturated heterocycles. The Morgan fingerprint density at radius 2 is 2.25 bits per heavy atom. The minimum atomic E-state index is -0.349. The van der Waals surface area contributed by atoms with Gasteiger partial charge in [-0.2, -0.15) is 0 Å². The number of aryl methyl sites for hydroxylation is 1. The Bertz CT molecular complexity index is 571. The van der Waals surface area contributed by atoms with Crippen molar-refractivity contribution in [1.29, 1.82) is 0 Å². The van der Waals surface area contributed by atoms with Crippen molar-refractivity contribution in [1.82, 2.24) is 4.98 Å². The molecule has 1 atom stereocenters. The van der Waals surface area contributed by atoms with Gasteiger partial charge in [0.05, 0.1) is 10.7 Å². The van der Waals surface area contributed by atoms with Gasteiger partial charge in [-0.15, -0.1) is 11.3 Å². The quantitative estimate of drug-likeness (QED) is 0.887. The highest BCUT2D eigenvalue weighted by molar-refractivity contribution is 7.09. The highest BCUT2D eigenvalue weighted by atomic mass is 32.1. The average molecular weight is 294 g/mol. The van der Waals surface area contributed by atoms with Crippen LogP contribution in [0.5, 0.6) is 5.75 Å². The number of thiazole rings is 1. The largest absolute Gasteiger partial charge is 0.484 e. The van der Waals surface area contributed by atoms with Gasteiger partial charge in [0.25, 0.3) is 0 Å². The molecule has 0 spiro atoms. The molecule has 1 aromatic carbocycles. The van der Waals surface area contributed by atoms with Crippen LogP contribution in [0.4, 0.5) is 4.39 Å². The SMILES string of the molecule is CCC(N)Cc1cccc(F)c1OCc1csc(C)n1. The number of rotatable bonds is 6. The molecule has 0 amide bonds. The summed E-state index contributed by atoms with van der Waals surface area (Å²) >= 11 is 1.56.